The average Bonchev–Trinajstić information content (AvgIpc) is 3.00. The maximum Gasteiger partial charge on any atom is 0.0491 e. The van der Waals surface area contributed by atoms with Crippen molar-refractivity contribution in [1.29, 1.82) is 0 Å². The number of nitrogens with zero attached hydrogens (tertiary/aromatic N) is 1. The highest BCUT2D eigenvalue weighted by atomic mass is 15.0. The Morgan fingerprint density at radius 1 is 0.640 bits per heavy atom. The van der Waals surface area contributed by atoms with Gasteiger partial charge in [0, 0.05) is 28.4 Å². The molecule has 0 saturated heterocycles. The monoisotopic (exact) mass is 321 g/mol. The van der Waals surface area contributed by atoms with Crippen molar-refractivity contribution in [3.8, 4) is 11.1 Å². The molecule has 4 aromatic carbocycles. The van der Waals surface area contributed by atoms with Gasteiger partial charge in [0.05, 0.1) is 0 Å². The van der Waals surface area contributed by atoms with Gasteiger partial charge in [-0.15, -0.1) is 0 Å². The first-order valence-electron chi connectivity index (χ1n) is 8.86. The van der Waals surface area contributed by atoms with Crippen molar-refractivity contribution in [2.45, 2.75) is 13.5 Å². The van der Waals surface area contributed by atoms with E-state index in [1.807, 2.05) is 0 Å². The van der Waals surface area contributed by atoms with Crippen molar-refractivity contribution in [3.63, 3.8) is 0 Å². The van der Waals surface area contributed by atoms with E-state index in [4.69, 9.17) is 0 Å². The molecule has 0 amide bonds. The van der Waals surface area contributed by atoms with Gasteiger partial charge < -0.3 is 4.57 Å². The second-order valence-electron chi connectivity index (χ2n) is 6.52. The smallest absolute Gasteiger partial charge is 0.0491 e. The largest absolute Gasteiger partial charge is 0.341 e. The Morgan fingerprint density at radius 3 is 2.24 bits per heavy atom. The van der Waals surface area contributed by atoms with Crippen LogP contribution < -0.4 is 0 Å². The number of aromatic nitrogens is 1. The third kappa shape index (κ3) is 2.09. The van der Waals surface area contributed by atoms with E-state index in [0.29, 0.717) is 0 Å². The van der Waals surface area contributed by atoms with Crippen molar-refractivity contribution >= 4 is 32.6 Å². The summed E-state index contributed by atoms with van der Waals surface area (Å²) in [6, 6.07) is 30.8. The highest BCUT2D eigenvalue weighted by molar-refractivity contribution is 6.10. The van der Waals surface area contributed by atoms with Crippen LogP contribution in [-0.2, 0) is 6.54 Å². The maximum atomic E-state index is 2.40. The third-order valence-electron chi connectivity index (χ3n) is 5.19. The Morgan fingerprint density at radius 2 is 1.36 bits per heavy atom. The molecule has 0 fully saturated rings. The molecule has 1 nitrogen and oxygen atoms in total. The molecule has 0 saturated carbocycles. The standard InChI is InChI=1S/C24H19N/c1-2-25-23-13-6-5-11-21(23)22-16-18(14-15-24(22)25)20-12-7-9-17-8-3-4-10-19(17)20/h3-16H,2H2,1H3. The average molecular weight is 321 g/mol. The van der Waals surface area contributed by atoms with E-state index < -0.39 is 0 Å². The first-order chi connectivity index (χ1) is 12.4. The predicted octanol–water partition coefficient (Wildman–Crippen LogP) is 6.63. The van der Waals surface area contributed by atoms with E-state index in [1.165, 1.54) is 43.7 Å². The molecule has 120 valence electrons. The van der Waals surface area contributed by atoms with Gasteiger partial charge in [0.2, 0.25) is 0 Å². The molecule has 0 aliphatic rings. The Kier molecular flexibility index (Phi) is 3.14. The Balaban J connectivity index is 1.85. The Hall–Kier alpha value is -3.06. The minimum atomic E-state index is 0.984. The van der Waals surface area contributed by atoms with Crippen molar-refractivity contribution in [1.82, 2.24) is 4.57 Å². The molecule has 0 unspecified atom stereocenters. The lowest BCUT2D eigenvalue weighted by molar-refractivity contribution is 0.827. The van der Waals surface area contributed by atoms with Crippen molar-refractivity contribution in [2.24, 2.45) is 0 Å². The van der Waals surface area contributed by atoms with Gasteiger partial charge in [-0.05, 0) is 47.0 Å². The van der Waals surface area contributed by atoms with Crippen LogP contribution in [0.15, 0.2) is 84.9 Å². The van der Waals surface area contributed by atoms with Gasteiger partial charge >= 0.3 is 0 Å². The van der Waals surface area contributed by atoms with Crippen LogP contribution in [0.4, 0.5) is 0 Å². The molecular weight excluding hydrogens is 302 g/mol. The molecule has 0 atom stereocenters. The molecule has 0 radical (unpaired) electrons. The molecule has 5 rings (SSSR count). The Labute approximate surface area is 147 Å². The first kappa shape index (κ1) is 14.3. The molecule has 0 aliphatic carbocycles. The maximum absolute atomic E-state index is 2.40. The van der Waals surface area contributed by atoms with Crippen LogP contribution >= 0.6 is 0 Å². The molecular formula is C24H19N. The summed E-state index contributed by atoms with van der Waals surface area (Å²) in [6.07, 6.45) is 0. The SMILES string of the molecule is CCn1c2ccccc2c2cc(-c3cccc4ccccc34)ccc21. The molecule has 25 heavy (non-hydrogen) atoms. The van der Waals surface area contributed by atoms with Crippen molar-refractivity contribution in [3.05, 3.63) is 84.9 Å². The van der Waals surface area contributed by atoms with Gasteiger partial charge in [-0.3, -0.25) is 0 Å². The molecule has 1 heteroatoms. The summed E-state index contributed by atoms with van der Waals surface area (Å²) < 4.78 is 2.40. The van der Waals surface area contributed by atoms with Crippen LogP contribution in [0.5, 0.6) is 0 Å². The zero-order valence-corrected chi connectivity index (χ0v) is 14.2. The van der Waals surface area contributed by atoms with E-state index in [2.05, 4.69) is 96.4 Å². The molecule has 0 aliphatic heterocycles. The van der Waals surface area contributed by atoms with Crippen LogP contribution in [0.1, 0.15) is 6.92 Å². The number of hydrogen-bond donors (Lipinski definition) is 0. The lowest BCUT2D eigenvalue weighted by atomic mass is 9.97. The zero-order valence-electron chi connectivity index (χ0n) is 14.2. The van der Waals surface area contributed by atoms with Crippen LogP contribution in [0, 0.1) is 0 Å². The summed E-state index contributed by atoms with van der Waals surface area (Å²) in [7, 11) is 0. The van der Waals surface area contributed by atoms with Crippen molar-refractivity contribution in [2.75, 3.05) is 0 Å². The fourth-order valence-corrected chi connectivity index (χ4v) is 4.04. The minimum absolute atomic E-state index is 0.984. The second kappa shape index (κ2) is 5.49. The predicted molar refractivity (Wildman–Crippen MR) is 108 cm³/mol. The number of benzene rings is 4. The summed E-state index contributed by atoms with van der Waals surface area (Å²) in [5.74, 6) is 0. The van der Waals surface area contributed by atoms with Gasteiger partial charge in [-0.25, -0.2) is 0 Å². The highest BCUT2D eigenvalue weighted by Crippen LogP contribution is 2.35. The molecule has 0 bridgehead atoms. The Bertz CT molecular complexity index is 1220. The minimum Gasteiger partial charge on any atom is -0.341 e. The summed E-state index contributed by atoms with van der Waals surface area (Å²) in [6.45, 7) is 3.20. The molecule has 0 spiro atoms. The summed E-state index contributed by atoms with van der Waals surface area (Å²) >= 11 is 0. The topological polar surface area (TPSA) is 4.93 Å². The van der Waals surface area contributed by atoms with Crippen molar-refractivity contribution < 1.29 is 0 Å². The van der Waals surface area contributed by atoms with Gasteiger partial charge in [0.1, 0.15) is 0 Å². The van der Waals surface area contributed by atoms with Gasteiger partial charge in [0.25, 0.3) is 0 Å². The van der Waals surface area contributed by atoms with Crippen LogP contribution in [-0.4, -0.2) is 4.57 Å². The van der Waals surface area contributed by atoms with E-state index >= 15 is 0 Å². The summed E-state index contributed by atoms with van der Waals surface area (Å²) in [5, 5.41) is 5.27. The van der Waals surface area contributed by atoms with E-state index in [0.717, 1.165) is 6.54 Å². The number of hydrogen-bond acceptors (Lipinski definition) is 0. The normalized spacial score (nSPS) is 11.6. The van der Waals surface area contributed by atoms with E-state index in [1.54, 1.807) is 0 Å². The number of aryl methyl sites for hydroxylation is 1. The first-order valence-corrected chi connectivity index (χ1v) is 8.86. The number of para-hydroxylation sites is 1. The molecule has 0 N–H and O–H groups in total. The highest BCUT2D eigenvalue weighted by Gasteiger charge is 2.11. The summed E-state index contributed by atoms with van der Waals surface area (Å²) in [4.78, 5) is 0. The molecule has 1 aromatic heterocycles. The zero-order chi connectivity index (χ0) is 16.8. The van der Waals surface area contributed by atoms with E-state index in [9.17, 15) is 0 Å². The van der Waals surface area contributed by atoms with Crippen LogP contribution in [0.25, 0.3) is 43.7 Å². The third-order valence-corrected chi connectivity index (χ3v) is 5.19. The van der Waals surface area contributed by atoms with Gasteiger partial charge in [0.15, 0.2) is 0 Å². The quantitative estimate of drug-likeness (QED) is 0.344. The number of rotatable bonds is 2. The van der Waals surface area contributed by atoms with Crippen LogP contribution in [0.3, 0.4) is 0 Å². The molecule has 1 heterocycles. The molecule has 5 aromatic rings. The number of fused-ring (bicyclic) bond motifs is 4. The lowest BCUT2D eigenvalue weighted by Crippen LogP contribution is -1.92. The van der Waals surface area contributed by atoms with Gasteiger partial charge in [-0.1, -0.05) is 66.7 Å². The van der Waals surface area contributed by atoms with Crippen LogP contribution in [0.2, 0.25) is 0 Å². The summed E-state index contributed by atoms with van der Waals surface area (Å²) in [5.41, 5.74) is 5.21. The van der Waals surface area contributed by atoms with Gasteiger partial charge in [-0.2, -0.15) is 0 Å². The fraction of sp³-hybridized carbons (Fsp3) is 0.0833. The lowest BCUT2D eigenvalue weighted by Gasteiger charge is -2.08. The fourth-order valence-electron chi connectivity index (χ4n) is 4.04. The van der Waals surface area contributed by atoms with E-state index in [-0.39, 0.29) is 0 Å². The second-order valence-corrected chi connectivity index (χ2v) is 6.52.